The van der Waals surface area contributed by atoms with E-state index in [0.29, 0.717) is 12.1 Å². The number of hydrogen-bond donors (Lipinski definition) is 1. The molecule has 2 unspecified atom stereocenters. The molecule has 2 aliphatic rings. The highest BCUT2D eigenvalue weighted by Gasteiger charge is 2.37. The SMILES string of the molecule is CN(C(=O)c1ccccc1[N+](=O)[O-])C1CC2CCC(C1)N2. The van der Waals surface area contributed by atoms with Gasteiger partial charge >= 0.3 is 0 Å². The second kappa shape index (κ2) is 5.44. The first kappa shape index (κ1) is 14.0. The number of fused-ring (bicyclic) bond motifs is 2. The zero-order chi connectivity index (χ0) is 15.0. The summed E-state index contributed by atoms with van der Waals surface area (Å²) in [5.74, 6) is -0.256. The van der Waals surface area contributed by atoms with Gasteiger partial charge in [-0.15, -0.1) is 0 Å². The summed E-state index contributed by atoms with van der Waals surface area (Å²) >= 11 is 0. The maximum atomic E-state index is 12.6. The topological polar surface area (TPSA) is 75.5 Å². The average molecular weight is 289 g/mol. The molecule has 2 fully saturated rings. The van der Waals surface area contributed by atoms with Crippen LogP contribution in [0.5, 0.6) is 0 Å². The Bertz CT molecular complexity index is 563. The highest BCUT2D eigenvalue weighted by Crippen LogP contribution is 2.30. The molecule has 2 aliphatic heterocycles. The number of carbonyl (C=O) groups is 1. The molecule has 0 aliphatic carbocycles. The number of nitro groups is 1. The lowest BCUT2D eigenvalue weighted by Crippen LogP contribution is -2.48. The van der Waals surface area contributed by atoms with Crippen molar-refractivity contribution in [1.82, 2.24) is 10.2 Å². The maximum Gasteiger partial charge on any atom is 0.282 e. The van der Waals surface area contributed by atoms with Gasteiger partial charge in [0.1, 0.15) is 5.56 Å². The number of nitrogens with zero attached hydrogens (tertiary/aromatic N) is 2. The van der Waals surface area contributed by atoms with Crippen molar-refractivity contribution in [2.75, 3.05) is 7.05 Å². The summed E-state index contributed by atoms with van der Waals surface area (Å²) in [6.45, 7) is 0. The fourth-order valence-electron chi connectivity index (χ4n) is 3.51. The number of rotatable bonds is 3. The lowest BCUT2D eigenvalue weighted by Gasteiger charge is -2.35. The number of para-hydroxylation sites is 1. The molecule has 0 radical (unpaired) electrons. The summed E-state index contributed by atoms with van der Waals surface area (Å²) < 4.78 is 0. The molecule has 21 heavy (non-hydrogen) atoms. The van der Waals surface area contributed by atoms with Crippen molar-refractivity contribution in [3.05, 3.63) is 39.9 Å². The van der Waals surface area contributed by atoms with Crippen LogP contribution in [0.15, 0.2) is 24.3 Å². The van der Waals surface area contributed by atoms with Crippen LogP contribution >= 0.6 is 0 Å². The number of amides is 1. The molecule has 0 saturated carbocycles. The van der Waals surface area contributed by atoms with E-state index in [1.165, 1.54) is 12.1 Å². The van der Waals surface area contributed by atoms with Crippen molar-refractivity contribution >= 4 is 11.6 Å². The molecular weight excluding hydrogens is 270 g/mol. The molecule has 2 heterocycles. The second-order valence-electron chi connectivity index (χ2n) is 5.95. The number of nitro benzene ring substituents is 1. The number of carbonyl (C=O) groups excluding carboxylic acids is 1. The van der Waals surface area contributed by atoms with E-state index >= 15 is 0 Å². The Kier molecular flexibility index (Phi) is 3.63. The van der Waals surface area contributed by atoms with Crippen molar-refractivity contribution in [3.63, 3.8) is 0 Å². The van der Waals surface area contributed by atoms with Crippen LogP contribution in [-0.4, -0.2) is 40.9 Å². The van der Waals surface area contributed by atoms with Crippen LogP contribution in [0.25, 0.3) is 0 Å². The Morgan fingerprint density at radius 3 is 2.52 bits per heavy atom. The van der Waals surface area contributed by atoms with E-state index in [1.807, 2.05) is 0 Å². The van der Waals surface area contributed by atoms with E-state index in [1.54, 1.807) is 24.1 Å². The van der Waals surface area contributed by atoms with Crippen molar-refractivity contribution in [2.24, 2.45) is 0 Å². The van der Waals surface area contributed by atoms with E-state index in [4.69, 9.17) is 0 Å². The predicted octanol–water partition coefficient (Wildman–Crippen LogP) is 1.95. The van der Waals surface area contributed by atoms with E-state index in [9.17, 15) is 14.9 Å². The van der Waals surface area contributed by atoms with Gasteiger partial charge < -0.3 is 10.2 Å². The standard InChI is InChI=1S/C15H19N3O3/c1-17(12-8-10-6-7-11(9-12)16-10)15(19)13-4-2-3-5-14(13)18(20)21/h2-5,10-12,16H,6-9H2,1H3. The highest BCUT2D eigenvalue weighted by molar-refractivity contribution is 5.98. The molecule has 6 nitrogen and oxygen atoms in total. The summed E-state index contributed by atoms with van der Waals surface area (Å²) in [6, 6.07) is 7.29. The molecular formula is C15H19N3O3. The second-order valence-corrected chi connectivity index (χ2v) is 5.95. The molecule has 112 valence electrons. The fraction of sp³-hybridized carbons (Fsp3) is 0.533. The molecule has 1 N–H and O–H groups in total. The first-order chi connectivity index (χ1) is 10.1. The lowest BCUT2D eigenvalue weighted by molar-refractivity contribution is -0.385. The van der Waals surface area contributed by atoms with Crippen molar-refractivity contribution < 1.29 is 9.72 Å². The van der Waals surface area contributed by atoms with E-state index in [0.717, 1.165) is 25.7 Å². The highest BCUT2D eigenvalue weighted by atomic mass is 16.6. The van der Waals surface area contributed by atoms with Crippen LogP contribution in [0.3, 0.4) is 0 Å². The van der Waals surface area contributed by atoms with E-state index < -0.39 is 4.92 Å². The Morgan fingerprint density at radius 1 is 1.29 bits per heavy atom. The Hall–Kier alpha value is -1.95. The molecule has 0 aromatic heterocycles. The monoisotopic (exact) mass is 289 g/mol. The minimum atomic E-state index is -0.493. The van der Waals surface area contributed by atoms with E-state index in [2.05, 4.69) is 5.32 Å². The number of nitrogens with one attached hydrogen (secondary N) is 1. The zero-order valence-electron chi connectivity index (χ0n) is 12.0. The van der Waals surface area contributed by atoms with Crippen LogP contribution in [0.1, 0.15) is 36.0 Å². The van der Waals surface area contributed by atoms with Gasteiger partial charge in [-0.2, -0.15) is 0 Å². The molecule has 1 amide bonds. The Balaban J connectivity index is 1.80. The minimum Gasteiger partial charge on any atom is -0.338 e. The van der Waals surface area contributed by atoms with Crippen LogP contribution in [0, 0.1) is 10.1 Å². The third kappa shape index (κ3) is 2.63. The summed E-state index contributed by atoms with van der Waals surface area (Å²) in [4.78, 5) is 24.9. The minimum absolute atomic E-state index is 0.119. The fourth-order valence-corrected chi connectivity index (χ4v) is 3.51. The molecule has 2 atom stereocenters. The molecule has 1 aromatic rings. The van der Waals surface area contributed by atoms with Gasteiger partial charge in [0.25, 0.3) is 11.6 Å². The summed E-state index contributed by atoms with van der Waals surface area (Å²) in [6.07, 6.45) is 4.18. The van der Waals surface area contributed by atoms with Crippen molar-refractivity contribution in [1.29, 1.82) is 0 Å². The van der Waals surface area contributed by atoms with Gasteiger partial charge in [0.05, 0.1) is 4.92 Å². The van der Waals surface area contributed by atoms with Gasteiger partial charge in [-0.1, -0.05) is 12.1 Å². The molecule has 2 bridgehead atoms. The van der Waals surface area contributed by atoms with Crippen LogP contribution in [0.2, 0.25) is 0 Å². The quantitative estimate of drug-likeness (QED) is 0.681. The third-order valence-corrected chi connectivity index (χ3v) is 4.65. The average Bonchev–Trinajstić information content (AvgIpc) is 2.84. The normalized spacial score (nSPS) is 27.4. The van der Waals surface area contributed by atoms with Gasteiger partial charge in [-0.25, -0.2) is 0 Å². The summed E-state index contributed by atoms with van der Waals surface area (Å²) in [5.41, 5.74) is 0.0575. The largest absolute Gasteiger partial charge is 0.338 e. The first-order valence-electron chi connectivity index (χ1n) is 7.33. The Morgan fingerprint density at radius 2 is 1.90 bits per heavy atom. The van der Waals surface area contributed by atoms with Gasteiger partial charge in [0.15, 0.2) is 0 Å². The zero-order valence-corrected chi connectivity index (χ0v) is 12.0. The van der Waals surface area contributed by atoms with Gasteiger partial charge in [-0.3, -0.25) is 14.9 Å². The van der Waals surface area contributed by atoms with Crippen molar-refractivity contribution in [3.8, 4) is 0 Å². The molecule has 1 aromatic carbocycles. The van der Waals surface area contributed by atoms with Crippen LogP contribution in [-0.2, 0) is 0 Å². The van der Waals surface area contributed by atoms with E-state index in [-0.39, 0.29) is 23.2 Å². The van der Waals surface area contributed by atoms with Gasteiger partial charge in [0, 0.05) is 31.2 Å². The molecule has 3 rings (SSSR count). The lowest BCUT2D eigenvalue weighted by atomic mass is 9.97. The third-order valence-electron chi connectivity index (χ3n) is 4.65. The van der Waals surface area contributed by atoms with Crippen LogP contribution < -0.4 is 5.32 Å². The molecule has 6 heteroatoms. The van der Waals surface area contributed by atoms with Crippen LogP contribution in [0.4, 0.5) is 5.69 Å². The number of hydrogen-bond acceptors (Lipinski definition) is 4. The number of piperidine rings is 1. The molecule has 0 spiro atoms. The van der Waals surface area contributed by atoms with Gasteiger partial charge in [-0.05, 0) is 31.7 Å². The number of benzene rings is 1. The summed E-state index contributed by atoms with van der Waals surface area (Å²) in [7, 11) is 1.76. The smallest absolute Gasteiger partial charge is 0.282 e. The summed E-state index contributed by atoms with van der Waals surface area (Å²) in [5, 5.41) is 14.6. The first-order valence-corrected chi connectivity index (χ1v) is 7.33. The Labute approximate surface area is 123 Å². The predicted molar refractivity (Wildman–Crippen MR) is 78.2 cm³/mol. The van der Waals surface area contributed by atoms with Gasteiger partial charge in [0.2, 0.25) is 0 Å². The maximum absolute atomic E-state index is 12.6. The van der Waals surface area contributed by atoms with Crippen molar-refractivity contribution in [2.45, 2.75) is 43.8 Å². The molecule has 2 saturated heterocycles.